The predicted octanol–water partition coefficient (Wildman–Crippen LogP) is 1.52. The number of amides is 2. The molecule has 2 aromatic rings. The fourth-order valence-electron chi connectivity index (χ4n) is 3.29. The van der Waals surface area contributed by atoms with Crippen LogP contribution in [0.5, 0.6) is 0 Å². The molecule has 1 aliphatic heterocycles. The van der Waals surface area contributed by atoms with E-state index in [0.717, 1.165) is 11.8 Å². The van der Waals surface area contributed by atoms with Crippen molar-refractivity contribution >= 4 is 21.8 Å². The Hall–Kier alpha value is -2.78. The summed E-state index contributed by atoms with van der Waals surface area (Å²) in [7, 11) is -3.22. The van der Waals surface area contributed by atoms with Gasteiger partial charge in [0.2, 0.25) is 10.0 Å². The van der Waals surface area contributed by atoms with Gasteiger partial charge in [-0.3, -0.25) is 9.59 Å². The Morgan fingerprint density at radius 1 is 0.933 bits per heavy atom. The maximum atomic E-state index is 13.3. The Morgan fingerprint density at radius 3 is 2.03 bits per heavy atom. The molecule has 0 radical (unpaired) electrons. The van der Waals surface area contributed by atoms with Crippen LogP contribution in [0.4, 0.5) is 4.39 Å². The Balaban J connectivity index is 1.53. The first kappa shape index (κ1) is 21.9. The van der Waals surface area contributed by atoms with Crippen LogP contribution in [0.25, 0.3) is 0 Å². The van der Waals surface area contributed by atoms with Gasteiger partial charge in [-0.25, -0.2) is 17.5 Å². The molecule has 0 unspecified atom stereocenters. The van der Waals surface area contributed by atoms with Crippen LogP contribution in [-0.4, -0.2) is 69.0 Å². The summed E-state index contributed by atoms with van der Waals surface area (Å²) in [5.41, 5.74) is 1.77. The number of hydrogen-bond donors (Lipinski definition) is 1. The van der Waals surface area contributed by atoms with Gasteiger partial charge >= 0.3 is 0 Å². The van der Waals surface area contributed by atoms with Gasteiger partial charge in [-0.15, -0.1) is 0 Å². The van der Waals surface area contributed by atoms with Crippen molar-refractivity contribution in [1.82, 2.24) is 14.5 Å². The molecule has 0 bridgehead atoms. The minimum atomic E-state index is -3.22. The first-order valence-electron chi connectivity index (χ1n) is 9.60. The second-order valence-corrected chi connectivity index (χ2v) is 9.04. The molecule has 3 rings (SSSR count). The van der Waals surface area contributed by atoms with Crippen LogP contribution in [0, 0.1) is 5.82 Å². The summed E-state index contributed by atoms with van der Waals surface area (Å²) in [5, 5.41) is 0. The molecule has 0 aromatic heterocycles. The Bertz CT molecular complexity index is 1020. The number of rotatable bonds is 6. The lowest BCUT2D eigenvalue weighted by Crippen LogP contribution is -2.50. The van der Waals surface area contributed by atoms with Crippen molar-refractivity contribution in [3.05, 3.63) is 71.0 Å². The summed E-state index contributed by atoms with van der Waals surface area (Å²) in [4.78, 5) is 28.5. The molecule has 0 atom stereocenters. The number of nitrogens with zero attached hydrogens (tertiary/aromatic N) is 2. The lowest BCUT2D eigenvalue weighted by atomic mass is 10.1. The van der Waals surface area contributed by atoms with E-state index in [4.69, 9.17) is 0 Å². The van der Waals surface area contributed by atoms with Gasteiger partial charge in [-0.1, -0.05) is 18.2 Å². The Morgan fingerprint density at radius 2 is 1.50 bits per heavy atom. The predicted molar refractivity (Wildman–Crippen MR) is 111 cm³/mol. The second kappa shape index (κ2) is 9.36. The molecule has 0 aliphatic carbocycles. The third-order valence-corrected chi connectivity index (χ3v) is 5.63. The van der Waals surface area contributed by atoms with Crippen molar-refractivity contribution in [2.24, 2.45) is 0 Å². The van der Waals surface area contributed by atoms with E-state index in [0.29, 0.717) is 50.3 Å². The second-order valence-electron chi connectivity index (χ2n) is 7.21. The van der Waals surface area contributed by atoms with E-state index in [1.165, 1.54) is 18.2 Å². The molecule has 2 amide bonds. The zero-order valence-electron chi connectivity index (χ0n) is 16.7. The molecular weight excluding hydrogens is 409 g/mol. The first-order valence-corrected chi connectivity index (χ1v) is 11.5. The van der Waals surface area contributed by atoms with E-state index >= 15 is 0 Å². The number of nitrogens with one attached hydrogen (secondary N) is 1. The van der Waals surface area contributed by atoms with Crippen molar-refractivity contribution in [2.45, 2.75) is 6.42 Å². The van der Waals surface area contributed by atoms with Crippen LogP contribution in [0.2, 0.25) is 0 Å². The summed E-state index contributed by atoms with van der Waals surface area (Å²) >= 11 is 0. The zero-order chi connectivity index (χ0) is 21.7. The molecule has 0 spiro atoms. The smallest absolute Gasteiger partial charge is 0.254 e. The monoisotopic (exact) mass is 433 g/mol. The molecule has 7 nitrogen and oxygen atoms in total. The van der Waals surface area contributed by atoms with Gasteiger partial charge in [0.1, 0.15) is 5.82 Å². The van der Waals surface area contributed by atoms with Crippen LogP contribution >= 0.6 is 0 Å². The number of sulfonamides is 1. The number of carbonyl (C=O) groups is 2. The highest BCUT2D eigenvalue weighted by Crippen LogP contribution is 2.14. The quantitative estimate of drug-likeness (QED) is 0.748. The molecule has 1 heterocycles. The van der Waals surface area contributed by atoms with Crippen molar-refractivity contribution in [3.63, 3.8) is 0 Å². The van der Waals surface area contributed by atoms with Gasteiger partial charge in [0.25, 0.3) is 11.8 Å². The summed E-state index contributed by atoms with van der Waals surface area (Å²) in [5.74, 6) is -0.812. The average Bonchev–Trinajstić information content (AvgIpc) is 2.72. The van der Waals surface area contributed by atoms with Crippen LogP contribution in [0.1, 0.15) is 26.3 Å². The number of piperazine rings is 1. The van der Waals surface area contributed by atoms with Crippen molar-refractivity contribution in [1.29, 1.82) is 0 Å². The standard InChI is InChI=1S/C21H24FN3O4S/c1-30(28,29)23-10-9-16-5-7-17(8-6-16)20(26)24-11-13-25(14-12-24)21(27)18-3-2-4-19(22)15-18/h2-8,15,23H,9-14H2,1H3. The molecule has 0 saturated carbocycles. The van der Waals surface area contributed by atoms with Crippen LogP contribution in [-0.2, 0) is 16.4 Å². The van der Waals surface area contributed by atoms with E-state index < -0.39 is 15.8 Å². The minimum absolute atomic E-state index is 0.117. The molecule has 9 heteroatoms. The number of carbonyl (C=O) groups excluding carboxylic acids is 2. The third-order valence-electron chi connectivity index (χ3n) is 4.90. The molecule has 2 aromatic carbocycles. The van der Waals surface area contributed by atoms with E-state index in [1.807, 2.05) is 0 Å². The van der Waals surface area contributed by atoms with E-state index in [1.54, 1.807) is 40.1 Å². The largest absolute Gasteiger partial charge is 0.335 e. The van der Waals surface area contributed by atoms with Crippen LogP contribution < -0.4 is 4.72 Å². The third kappa shape index (κ3) is 5.87. The highest BCUT2D eigenvalue weighted by molar-refractivity contribution is 7.88. The summed E-state index contributed by atoms with van der Waals surface area (Å²) in [6, 6.07) is 12.7. The number of benzene rings is 2. The SMILES string of the molecule is CS(=O)(=O)NCCc1ccc(C(=O)N2CCN(C(=O)c3cccc(F)c3)CC2)cc1. The maximum Gasteiger partial charge on any atom is 0.254 e. The summed E-state index contributed by atoms with van der Waals surface area (Å²) in [6.45, 7) is 1.87. The summed E-state index contributed by atoms with van der Waals surface area (Å²) < 4.78 is 38.0. The molecule has 1 saturated heterocycles. The highest BCUT2D eigenvalue weighted by atomic mass is 32.2. The molecule has 1 fully saturated rings. The van der Waals surface area contributed by atoms with Crippen molar-refractivity contribution < 1.29 is 22.4 Å². The molecular formula is C21H24FN3O4S. The molecule has 160 valence electrons. The van der Waals surface area contributed by atoms with Gasteiger partial charge in [0.05, 0.1) is 6.26 Å². The number of hydrogen-bond acceptors (Lipinski definition) is 4. The molecule has 30 heavy (non-hydrogen) atoms. The topological polar surface area (TPSA) is 86.8 Å². The first-order chi connectivity index (χ1) is 14.2. The van der Waals surface area contributed by atoms with E-state index in [9.17, 15) is 22.4 Å². The van der Waals surface area contributed by atoms with Crippen LogP contribution in [0.3, 0.4) is 0 Å². The lowest BCUT2D eigenvalue weighted by Gasteiger charge is -2.35. The fraction of sp³-hybridized carbons (Fsp3) is 0.333. The lowest BCUT2D eigenvalue weighted by molar-refractivity contribution is 0.0535. The minimum Gasteiger partial charge on any atom is -0.335 e. The molecule has 1 N–H and O–H groups in total. The van der Waals surface area contributed by atoms with Gasteiger partial charge in [-0.2, -0.15) is 0 Å². The van der Waals surface area contributed by atoms with E-state index in [2.05, 4.69) is 4.72 Å². The average molecular weight is 434 g/mol. The van der Waals surface area contributed by atoms with Crippen molar-refractivity contribution in [3.8, 4) is 0 Å². The zero-order valence-corrected chi connectivity index (χ0v) is 17.5. The normalized spacial score (nSPS) is 14.6. The summed E-state index contributed by atoms with van der Waals surface area (Å²) in [6.07, 6.45) is 1.64. The molecule has 1 aliphatic rings. The van der Waals surface area contributed by atoms with Crippen molar-refractivity contribution in [2.75, 3.05) is 39.0 Å². The Labute approximate surface area is 175 Å². The Kier molecular flexibility index (Phi) is 6.84. The number of halogens is 1. The highest BCUT2D eigenvalue weighted by Gasteiger charge is 2.25. The van der Waals surface area contributed by atoms with Gasteiger partial charge in [-0.05, 0) is 42.3 Å². The van der Waals surface area contributed by atoms with E-state index in [-0.39, 0.29) is 11.8 Å². The fourth-order valence-corrected chi connectivity index (χ4v) is 3.77. The van der Waals surface area contributed by atoms with Crippen LogP contribution in [0.15, 0.2) is 48.5 Å². The van der Waals surface area contributed by atoms with Gasteiger partial charge in [0.15, 0.2) is 0 Å². The van der Waals surface area contributed by atoms with Gasteiger partial charge < -0.3 is 9.80 Å². The van der Waals surface area contributed by atoms with Gasteiger partial charge in [0, 0.05) is 43.9 Å². The maximum absolute atomic E-state index is 13.3.